The van der Waals surface area contributed by atoms with E-state index in [1.807, 2.05) is 7.05 Å². The third kappa shape index (κ3) is 7.86. The van der Waals surface area contributed by atoms with Gasteiger partial charge in [-0.2, -0.15) is 0 Å². The van der Waals surface area contributed by atoms with Crippen LogP contribution in [0.1, 0.15) is 40.5 Å². The average Bonchev–Trinajstić information content (AvgIpc) is 1.83. The highest BCUT2D eigenvalue weighted by molar-refractivity contribution is 4.64. The quantitative estimate of drug-likeness (QED) is 0.661. The summed E-state index contributed by atoms with van der Waals surface area (Å²) in [6.45, 7) is 10.4. The molecule has 1 N–H and O–H groups in total. The summed E-state index contributed by atoms with van der Waals surface area (Å²) >= 11 is 0. The summed E-state index contributed by atoms with van der Waals surface area (Å²) in [6.07, 6.45) is 2.67. The molecule has 0 fully saturated rings. The molecule has 0 aromatic carbocycles. The van der Waals surface area contributed by atoms with Crippen molar-refractivity contribution in [3.8, 4) is 0 Å². The van der Waals surface area contributed by atoms with Gasteiger partial charge in [-0.25, -0.2) is 0 Å². The zero-order chi connectivity index (χ0) is 8.91. The monoisotopic (exact) mass is 157 g/mol. The molecule has 0 aromatic rings. The molecule has 0 heterocycles. The van der Waals surface area contributed by atoms with Crippen LogP contribution in [0.15, 0.2) is 0 Å². The van der Waals surface area contributed by atoms with E-state index < -0.39 is 0 Å². The molecule has 68 valence electrons. The Morgan fingerprint density at radius 3 is 2.18 bits per heavy atom. The fourth-order valence-corrected chi connectivity index (χ4v) is 1.13. The molecule has 0 spiro atoms. The number of hydrogen-bond donors (Lipinski definition) is 1. The molecule has 0 saturated heterocycles. The van der Waals surface area contributed by atoms with Gasteiger partial charge in [-0.1, -0.05) is 27.7 Å². The van der Waals surface area contributed by atoms with Crippen molar-refractivity contribution < 1.29 is 0 Å². The van der Waals surface area contributed by atoms with Crippen molar-refractivity contribution in [1.29, 1.82) is 0 Å². The third-order valence-corrected chi connectivity index (χ3v) is 1.94. The average molecular weight is 157 g/mol. The predicted octanol–water partition coefficient (Wildman–Crippen LogP) is 2.67. The van der Waals surface area contributed by atoms with Gasteiger partial charge >= 0.3 is 0 Å². The molecule has 0 aliphatic rings. The molecule has 0 rings (SSSR count). The standard InChI is InChI=1S/C10H23N/c1-9(8-11-5)6-7-10(2,3)4/h9,11H,6-8H2,1-5H3. The maximum Gasteiger partial charge on any atom is -0.00262 e. The Morgan fingerprint density at radius 1 is 1.27 bits per heavy atom. The zero-order valence-electron chi connectivity index (χ0n) is 8.70. The van der Waals surface area contributed by atoms with Crippen LogP contribution in [0.25, 0.3) is 0 Å². The topological polar surface area (TPSA) is 12.0 Å². The molecule has 11 heavy (non-hydrogen) atoms. The van der Waals surface area contributed by atoms with Gasteiger partial charge in [0, 0.05) is 0 Å². The Kier molecular flexibility index (Phi) is 4.74. The second kappa shape index (κ2) is 4.76. The van der Waals surface area contributed by atoms with Gasteiger partial charge in [-0.15, -0.1) is 0 Å². The molecule has 1 unspecified atom stereocenters. The normalized spacial score (nSPS) is 15.0. The van der Waals surface area contributed by atoms with E-state index in [0.717, 1.165) is 12.5 Å². The summed E-state index contributed by atoms with van der Waals surface area (Å²) in [7, 11) is 2.02. The molecule has 0 saturated carbocycles. The van der Waals surface area contributed by atoms with Crippen molar-refractivity contribution in [2.45, 2.75) is 40.5 Å². The Labute approximate surface area is 71.6 Å². The molecular formula is C10H23N. The SMILES string of the molecule is CNCC(C)CCC(C)(C)C. The highest BCUT2D eigenvalue weighted by Crippen LogP contribution is 2.23. The second-order valence-corrected chi connectivity index (χ2v) is 4.76. The molecule has 0 amide bonds. The maximum atomic E-state index is 3.20. The molecule has 1 atom stereocenters. The lowest BCUT2D eigenvalue weighted by atomic mass is 9.87. The predicted molar refractivity (Wildman–Crippen MR) is 51.8 cm³/mol. The number of rotatable bonds is 4. The summed E-state index contributed by atoms with van der Waals surface area (Å²) in [5.74, 6) is 0.819. The fourth-order valence-electron chi connectivity index (χ4n) is 1.13. The minimum absolute atomic E-state index is 0.502. The van der Waals surface area contributed by atoms with Crippen molar-refractivity contribution >= 4 is 0 Å². The second-order valence-electron chi connectivity index (χ2n) is 4.76. The van der Waals surface area contributed by atoms with E-state index in [9.17, 15) is 0 Å². The minimum atomic E-state index is 0.502. The Morgan fingerprint density at radius 2 is 1.82 bits per heavy atom. The Bertz CT molecular complexity index is 91.5. The lowest BCUT2D eigenvalue weighted by molar-refractivity contribution is 0.327. The molecule has 0 aliphatic carbocycles. The third-order valence-electron chi connectivity index (χ3n) is 1.94. The fraction of sp³-hybridized carbons (Fsp3) is 1.00. The molecular weight excluding hydrogens is 134 g/mol. The molecule has 1 nitrogen and oxygen atoms in total. The van der Waals surface area contributed by atoms with Crippen molar-refractivity contribution in [2.75, 3.05) is 13.6 Å². The minimum Gasteiger partial charge on any atom is -0.319 e. The number of hydrogen-bond acceptors (Lipinski definition) is 1. The Balaban J connectivity index is 3.38. The van der Waals surface area contributed by atoms with Gasteiger partial charge in [0.15, 0.2) is 0 Å². The van der Waals surface area contributed by atoms with E-state index in [0.29, 0.717) is 5.41 Å². The highest BCUT2D eigenvalue weighted by Gasteiger charge is 2.11. The van der Waals surface area contributed by atoms with E-state index in [1.165, 1.54) is 12.8 Å². The van der Waals surface area contributed by atoms with Crippen LogP contribution < -0.4 is 5.32 Å². The molecule has 0 aromatic heterocycles. The van der Waals surface area contributed by atoms with Crippen molar-refractivity contribution in [3.05, 3.63) is 0 Å². The summed E-state index contributed by atoms with van der Waals surface area (Å²) in [4.78, 5) is 0. The maximum absolute atomic E-state index is 3.20. The molecule has 0 aliphatic heterocycles. The van der Waals surface area contributed by atoms with Crippen LogP contribution in [-0.4, -0.2) is 13.6 Å². The van der Waals surface area contributed by atoms with Crippen molar-refractivity contribution in [2.24, 2.45) is 11.3 Å². The first-order valence-corrected chi connectivity index (χ1v) is 4.60. The molecule has 0 bridgehead atoms. The largest absolute Gasteiger partial charge is 0.319 e. The van der Waals surface area contributed by atoms with Crippen LogP contribution in [0.3, 0.4) is 0 Å². The van der Waals surface area contributed by atoms with Gasteiger partial charge in [0.2, 0.25) is 0 Å². The van der Waals surface area contributed by atoms with Crippen LogP contribution in [0.5, 0.6) is 0 Å². The van der Waals surface area contributed by atoms with E-state index >= 15 is 0 Å². The van der Waals surface area contributed by atoms with Gasteiger partial charge in [-0.3, -0.25) is 0 Å². The van der Waals surface area contributed by atoms with E-state index in [-0.39, 0.29) is 0 Å². The first-order chi connectivity index (χ1) is 4.95. The summed E-state index contributed by atoms with van der Waals surface area (Å²) in [5.41, 5.74) is 0.502. The summed E-state index contributed by atoms with van der Waals surface area (Å²) < 4.78 is 0. The first kappa shape index (κ1) is 11.0. The van der Waals surface area contributed by atoms with Crippen molar-refractivity contribution in [1.82, 2.24) is 5.32 Å². The van der Waals surface area contributed by atoms with Crippen LogP contribution >= 0.6 is 0 Å². The lowest BCUT2D eigenvalue weighted by Gasteiger charge is -2.20. The summed E-state index contributed by atoms with van der Waals surface area (Å²) in [6, 6.07) is 0. The van der Waals surface area contributed by atoms with Gasteiger partial charge < -0.3 is 5.32 Å². The first-order valence-electron chi connectivity index (χ1n) is 4.60. The van der Waals surface area contributed by atoms with E-state index in [1.54, 1.807) is 0 Å². The number of nitrogens with one attached hydrogen (secondary N) is 1. The highest BCUT2D eigenvalue weighted by atomic mass is 14.8. The molecule has 0 radical (unpaired) electrons. The van der Waals surface area contributed by atoms with Crippen LogP contribution in [0.2, 0.25) is 0 Å². The van der Waals surface area contributed by atoms with Crippen LogP contribution in [-0.2, 0) is 0 Å². The van der Waals surface area contributed by atoms with Crippen molar-refractivity contribution in [3.63, 3.8) is 0 Å². The van der Waals surface area contributed by atoms with Gasteiger partial charge in [0.1, 0.15) is 0 Å². The van der Waals surface area contributed by atoms with Crippen LogP contribution in [0, 0.1) is 11.3 Å². The smallest absolute Gasteiger partial charge is 0.00262 e. The van der Waals surface area contributed by atoms with Gasteiger partial charge in [-0.05, 0) is 37.8 Å². The lowest BCUT2D eigenvalue weighted by Crippen LogP contribution is -2.18. The van der Waals surface area contributed by atoms with Crippen LogP contribution in [0.4, 0.5) is 0 Å². The molecule has 1 heteroatoms. The van der Waals surface area contributed by atoms with Gasteiger partial charge in [0.05, 0.1) is 0 Å². The van der Waals surface area contributed by atoms with E-state index in [2.05, 4.69) is 33.0 Å². The Hall–Kier alpha value is -0.0400. The van der Waals surface area contributed by atoms with E-state index in [4.69, 9.17) is 0 Å². The zero-order valence-corrected chi connectivity index (χ0v) is 8.70. The summed E-state index contributed by atoms with van der Waals surface area (Å²) in [5, 5.41) is 3.20. The van der Waals surface area contributed by atoms with Gasteiger partial charge in [0.25, 0.3) is 0 Å².